The normalized spacial score (nSPS) is 17.1. The summed E-state index contributed by atoms with van der Waals surface area (Å²) in [7, 11) is 0. The van der Waals surface area contributed by atoms with Crippen molar-refractivity contribution in [2.75, 3.05) is 13.1 Å². The van der Waals surface area contributed by atoms with E-state index in [-0.39, 0.29) is 18.0 Å². The molecule has 1 fully saturated rings. The third kappa shape index (κ3) is 3.96. The Kier molecular flexibility index (Phi) is 5.09. The average Bonchev–Trinajstić information content (AvgIpc) is 3.33. The van der Waals surface area contributed by atoms with Gasteiger partial charge in [0.05, 0.1) is 29.7 Å². The van der Waals surface area contributed by atoms with E-state index in [1.54, 1.807) is 0 Å². The van der Waals surface area contributed by atoms with Crippen molar-refractivity contribution in [1.82, 2.24) is 24.4 Å². The second-order valence-electron chi connectivity index (χ2n) is 6.32. The maximum Gasteiger partial charge on any atom is 0.316 e. The number of amides is 1. The third-order valence-electron chi connectivity index (χ3n) is 4.34. The zero-order valence-electron chi connectivity index (χ0n) is 14.7. The standard InChI is InChI=1S/C18H18ClN5O2S/c1-12-15(27-18(22-12)23-6-2-3-7-23)16(25)24-8-4-5-14(11-24)26-17-20-9-13(19)10-21-17/h2-3,6-7,9-10,14H,4-5,8,11H2,1H3. The van der Waals surface area contributed by atoms with E-state index in [4.69, 9.17) is 16.3 Å². The topological polar surface area (TPSA) is 73.1 Å². The molecule has 0 spiro atoms. The SMILES string of the molecule is Cc1nc(-n2cccc2)sc1C(=O)N1CCCC(Oc2ncc(Cl)cn2)C1. The van der Waals surface area contributed by atoms with Crippen LogP contribution in [-0.2, 0) is 0 Å². The molecule has 3 aromatic heterocycles. The van der Waals surface area contributed by atoms with Crippen molar-refractivity contribution in [3.05, 3.63) is 52.5 Å². The second-order valence-corrected chi connectivity index (χ2v) is 7.73. The third-order valence-corrected chi connectivity index (χ3v) is 5.69. The van der Waals surface area contributed by atoms with Crippen molar-refractivity contribution >= 4 is 28.8 Å². The second kappa shape index (κ2) is 7.66. The quantitative estimate of drug-likeness (QED) is 0.667. The van der Waals surface area contributed by atoms with Crippen molar-refractivity contribution in [3.63, 3.8) is 0 Å². The Balaban J connectivity index is 1.46. The summed E-state index contributed by atoms with van der Waals surface area (Å²) in [6.07, 6.45) is 8.42. The highest BCUT2D eigenvalue weighted by Gasteiger charge is 2.28. The zero-order valence-corrected chi connectivity index (χ0v) is 16.3. The van der Waals surface area contributed by atoms with Gasteiger partial charge in [-0.2, -0.15) is 0 Å². The molecule has 4 rings (SSSR count). The van der Waals surface area contributed by atoms with E-state index in [1.807, 2.05) is 40.9 Å². The molecule has 1 unspecified atom stereocenters. The number of aromatic nitrogens is 4. The molecule has 1 amide bonds. The zero-order chi connectivity index (χ0) is 18.8. The smallest absolute Gasteiger partial charge is 0.316 e. The largest absolute Gasteiger partial charge is 0.458 e. The average molecular weight is 404 g/mol. The monoisotopic (exact) mass is 403 g/mol. The molecule has 4 heterocycles. The number of thiazole rings is 1. The van der Waals surface area contributed by atoms with Crippen LogP contribution in [0.5, 0.6) is 6.01 Å². The van der Waals surface area contributed by atoms with Gasteiger partial charge in [-0.15, -0.1) is 0 Å². The number of hydrogen-bond acceptors (Lipinski definition) is 6. The highest BCUT2D eigenvalue weighted by Crippen LogP contribution is 2.25. The molecule has 0 saturated carbocycles. The summed E-state index contributed by atoms with van der Waals surface area (Å²) in [5.41, 5.74) is 0.748. The summed E-state index contributed by atoms with van der Waals surface area (Å²) in [5, 5.41) is 1.25. The van der Waals surface area contributed by atoms with Crippen LogP contribution in [0.25, 0.3) is 5.13 Å². The van der Waals surface area contributed by atoms with Gasteiger partial charge in [-0.3, -0.25) is 4.79 Å². The van der Waals surface area contributed by atoms with Crippen LogP contribution in [0.15, 0.2) is 36.9 Å². The van der Waals surface area contributed by atoms with E-state index < -0.39 is 0 Å². The minimum atomic E-state index is -0.138. The molecule has 27 heavy (non-hydrogen) atoms. The lowest BCUT2D eigenvalue weighted by atomic mass is 10.1. The van der Waals surface area contributed by atoms with Gasteiger partial charge in [0.1, 0.15) is 11.0 Å². The fourth-order valence-electron chi connectivity index (χ4n) is 3.03. The lowest BCUT2D eigenvalue weighted by molar-refractivity contribution is 0.0519. The first-order chi connectivity index (χ1) is 13.1. The van der Waals surface area contributed by atoms with Crippen LogP contribution in [0, 0.1) is 6.92 Å². The number of carbonyl (C=O) groups is 1. The molecule has 3 aromatic rings. The number of nitrogens with zero attached hydrogens (tertiary/aromatic N) is 5. The number of aryl methyl sites for hydroxylation is 1. The first-order valence-corrected chi connectivity index (χ1v) is 9.84. The lowest BCUT2D eigenvalue weighted by Gasteiger charge is -2.32. The van der Waals surface area contributed by atoms with Crippen LogP contribution in [0.3, 0.4) is 0 Å². The molecule has 9 heteroatoms. The summed E-state index contributed by atoms with van der Waals surface area (Å²) in [6, 6.07) is 4.15. The van der Waals surface area contributed by atoms with Gasteiger partial charge in [0, 0.05) is 18.9 Å². The number of likely N-dealkylation sites (tertiary alicyclic amines) is 1. The molecule has 0 aliphatic carbocycles. The maximum atomic E-state index is 13.0. The van der Waals surface area contributed by atoms with E-state index in [2.05, 4.69) is 15.0 Å². The summed E-state index contributed by atoms with van der Waals surface area (Å²) < 4.78 is 7.74. The molecular formula is C18H18ClN5O2S. The Morgan fingerprint density at radius 1 is 1.30 bits per heavy atom. The van der Waals surface area contributed by atoms with E-state index in [9.17, 15) is 4.79 Å². The van der Waals surface area contributed by atoms with Gasteiger partial charge in [-0.05, 0) is 31.9 Å². The van der Waals surface area contributed by atoms with E-state index >= 15 is 0 Å². The predicted molar refractivity (Wildman–Crippen MR) is 103 cm³/mol. The molecule has 1 atom stereocenters. The molecular weight excluding hydrogens is 386 g/mol. The van der Waals surface area contributed by atoms with E-state index in [0.29, 0.717) is 23.0 Å². The summed E-state index contributed by atoms with van der Waals surface area (Å²) in [6.45, 7) is 3.08. The van der Waals surface area contributed by atoms with Crippen molar-refractivity contribution in [2.24, 2.45) is 0 Å². The Morgan fingerprint density at radius 3 is 2.78 bits per heavy atom. The number of hydrogen-bond donors (Lipinski definition) is 0. The summed E-state index contributed by atoms with van der Waals surface area (Å²) in [5.74, 6) is -0.00580. The van der Waals surface area contributed by atoms with Gasteiger partial charge in [0.2, 0.25) is 0 Å². The van der Waals surface area contributed by atoms with Gasteiger partial charge < -0.3 is 14.2 Å². The van der Waals surface area contributed by atoms with Gasteiger partial charge in [0.15, 0.2) is 5.13 Å². The van der Waals surface area contributed by atoms with Crippen LogP contribution in [0.4, 0.5) is 0 Å². The molecule has 1 saturated heterocycles. The molecule has 1 aliphatic rings. The van der Waals surface area contributed by atoms with E-state index in [1.165, 1.54) is 23.7 Å². The van der Waals surface area contributed by atoms with Gasteiger partial charge in [-0.25, -0.2) is 15.0 Å². The van der Waals surface area contributed by atoms with Crippen LogP contribution in [0.1, 0.15) is 28.2 Å². The van der Waals surface area contributed by atoms with Crippen molar-refractivity contribution in [1.29, 1.82) is 0 Å². The van der Waals surface area contributed by atoms with Gasteiger partial charge >= 0.3 is 6.01 Å². The maximum absolute atomic E-state index is 13.0. The number of piperidine rings is 1. The minimum absolute atomic E-state index is 0.00580. The number of halogens is 1. The minimum Gasteiger partial charge on any atom is -0.458 e. The van der Waals surface area contributed by atoms with Crippen molar-refractivity contribution in [2.45, 2.75) is 25.9 Å². The molecule has 0 bridgehead atoms. The molecule has 140 valence electrons. The molecule has 0 N–H and O–H groups in total. The fourth-order valence-corrected chi connectivity index (χ4v) is 4.13. The molecule has 0 radical (unpaired) electrons. The Hall–Kier alpha value is -2.45. The van der Waals surface area contributed by atoms with Crippen LogP contribution >= 0.6 is 22.9 Å². The first-order valence-electron chi connectivity index (χ1n) is 8.64. The fraction of sp³-hybridized carbons (Fsp3) is 0.333. The van der Waals surface area contributed by atoms with Crippen LogP contribution in [-0.4, -0.2) is 49.5 Å². The predicted octanol–water partition coefficient (Wildman–Crippen LogP) is 3.37. The lowest BCUT2D eigenvalue weighted by Crippen LogP contribution is -2.44. The molecule has 7 nitrogen and oxygen atoms in total. The first kappa shape index (κ1) is 17.9. The number of ether oxygens (including phenoxy) is 1. The highest BCUT2D eigenvalue weighted by molar-refractivity contribution is 7.16. The van der Waals surface area contributed by atoms with Gasteiger partial charge in [-0.1, -0.05) is 22.9 Å². The van der Waals surface area contributed by atoms with Crippen molar-refractivity contribution < 1.29 is 9.53 Å². The molecule has 1 aliphatic heterocycles. The summed E-state index contributed by atoms with van der Waals surface area (Å²) in [4.78, 5) is 28.2. The van der Waals surface area contributed by atoms with Gasteiger partial charge in [0.25, 0.3) is 5.91 Å². The Labute approximate surface area is 165 Å². The van der Waals surface area contributed by atoms with Crippen LogP contribution in [0.2, 0.25) is 5.02 Å². The number of carbonyl (C=O) groups excluding carboxylic acids is 1. The highest BCUT2D eigenvalue weighted by atomic mass is 35.5. The number of rotatable bonds is 4. The molecule has 0 aromatic carbocycles. The van der Waals surface area contributed by atoms with E-state index in [0.717, 1.165) is 23.7 Å². The van der Waals surface area contributed by atoms with Crippen molar-refractivity contribution in [3.8, 4) is 11.1 Å². The Bertz CT molecular complexity index is 926. The summed E-state index contributed by atoms with van der Waals surface area (Å²) >= 11 is 7.21. The Morgan fingerprint density at radius 2 is 2.04 bits per heavy atom. The van der Waals surface area contributed by atoms with Crippen LogP contribution < -0.4 is 4.74 Å².